The minimum absolute atomic E-state index is 0.187. The summed E-state index contributed by atoms with van der Waals surface area (Å²) < 4.78 is 0. The van der Waals surface area contributed by atoms with Gasteiger partial charge in [0.15, 0.2) is 0 Å². The van der Waals surface area contributed by atoms with E-state index in [0.29, 0.717) is 6.08 Å². The molecule has 102 valence electrons. The van der Waals surface area contributed by atoms with Gasteiger partial charge in [0, 0.05) is 6.08 Å². The number of aliphatic carboxylic acids is 2. The maximum Gasteiger partial charge on any atom is 0.335 e. The van der Waals surface area contributed by atoms with Gasteiger partial charge in [-0.15, -0.1) is 0 Å². The van der Waals surface area contributed by atoms with Crippen LogP contribution in [-0.4, -0.2) is 22.2 Å². The van der Waals surface area contributed by atoms with Crippen LogP contribution in [-0.2, 0) is 9.59 Å². The van der Waals surface area contributed by atoms with Gasteiger partial charge in [0.05, 0.1) is 5.57 Å². The van der Waals surface area contributed by atoms with Crippen LogP contribution in [0.3, 0.4) is 0 Å². The van der Waals surface area contributed by atoms with Gasteiger partial charge in [0.1, 0.15) is 0 Å². The molecule has 0 unspecified atom stereocenters. The summed E-state index contributed by atoms with van der Waals surface area (Å²) in [5, 5.41) is 17.2. The molecular weight excluding hydrogens is 232 g/mol. The van der Waals surface area contributed by atoms with E-state index in [2.05, 4.69) is 6.92 Å². The Bertz CT molecular complexity index is 316. The first-order chi connectivity index (χ1) is 8.57. The molecule has 2 N–H and O–H groups in total. The predicted octanol–water partition coefficient (Wildman–Crippen LogP) is 3.39. The van der Waals surface area contributed by atoms with Crippen LogP contribution in [0.2, 0.25) is 0 Å². The zero-order valence-electron chi connectivity index (χ0n) is 10.9. The van der Waals surface area contributed by atoms with E-state index in [-0.39, 0.29) is 5.57 Å². The predicted molar refractivity (Wildman–Crippen MR) is 70.5 cm³/mol. The Kier molecular flexibility index (Phi) is 9.64. The first-order valence-corrected chi connectivity index (χ1v) is 6.42. The molecule has 0 amide bonds. The van der Waals surface area contributed by atoms with E-state index >= 15 is 0 Å². The molecule has 0 aromatic heterocycles. The fourth-order valence-electron chi connectivity index (χ4n) is 1.57. The van der Waals surface area contributed by atoms with Gasteiger partial charge in [-0.2, -0.15) is 0 Å². The maximum absolute atomic E-state index is 10.7. The summed E-state index contributed by atoms with van der Waals surface area (Å²) in [7, 11) is 0. The normalized spacial score (nSPS) is 11.9. The number of rotatable bonds is 10. The van der Waals surface area contributed by atoms with E-state index in [1.165, 1.54) is 31.8 Å². The third-order valence-electron chi connectivity index (χ3n) is 2.55. The van der Waals surface area contributed by atoms with Crippen LogP contribution in [0.25, 0.3) is 0 Å². The molecule has 0 fully saturated rings. The highest BCUT2D eigenvalue weighted by Crippen LogP contribution is 2.08. The molecule has 0 rings (SSSR count). The highest BCUT2D eigenvalue weighted by Gasteiger charge is 2.04. The average Bonchev–Trinajstić information content (AvgIpc) is 2.30. The summed E-state index contributed by atoms with van der Waals surface area (Å²) in [6, 6.07) is 0. The molecule has 0 atom stereocenters. The Morgan fingerprint density at radius 2 is 1.61 bits per heavy atom. The molecule has 4 nitrogen and oxygen atoms in total. The number of unbranched alkanes of at least 4 members (excludes halogenated alkanes) is 6. The lowest BCUT2D eigenvalue weighted by Gasteiger charge is -1.98. The lowest BCUT2D eigenvalue weighted by molar-refractivity contribution is -0.134. The average molecular weight is 254 g/mol. The SMILES string of the molecule is CCCCCCCC/C=C/C(=C/C(=O)O)C(=O)O. The fraction of sp³-hybridized carbons (Fsp3) is 0.571. The van der Waals surface area contributed by atoms with Gasteiger partial charge in [0.2, 0.25) is 0 Å². The second kappa shape index (κ2) is 10.6. The summed E-state index contributed by atoms with van der Waals surface area (Å²) in [6.07, 6.45) is 11.7. The third kappa shape index (κ3) is 9.63. The van der Waals surface area contributed by atoms with Crippen LogP contribution in [0.1, 0.15) is 51.9 Å². The topological polar surface area (TPSA) is 74.6 Å². The lowest BCUT2D eigenvalue weighted by Crippen LogP contribution is -2.01. The summed E-state index contributed by atoms with van der Waals surface area (Å²) in [4.78, 5) is 21.1. The Morgan fingerprint density at radius 1 is 1.00 bits per heavy atom. The Balaban J connectivity index is 3.85. The van der Waals surface area contributed by atoms with Gasteiger partial charge in [0.25, 0.3) is 0 Å². The van der Waals surface area contributed by atoms with Crippen LogP contribution in [0.4, 0.5) is 0 Å². The number of hydrogen-bond acceptors (Lipinski definition) is 2. The van der Waals surface area contributed by atoms with Gasteiger partial charge >= 0.3 is 11.9 Å². The molecule has 0 saturated carbocycles. The second-order valence-electron chi connectivity index (χ2n) is 4.20. The van der Waals surface area contributed by atoms with Gasteiger partial charge in [-0.1, -0.05) is 51.2 Å². The number of carboxylic acid groups (broad SMARTS) is 2. The van der Waals surface area contributed by atoms with E-state index in [4.69, 9.17) is 10.2 Å². The summed E-state index contributed by atoms with van der Waals surface area (Å²) >= 11 is 0. The Labute approximate surface area is 108 Å². The zero-order valence-corrected chi connectivity index (χ0v) is 10.9. The molecule has 0 bridgehead atoms. The van der Waals surface area contributed by atoms with Gasteiger partial charge in [-0.05, 0) is 12.8 Å². The van der Waals surface area contributed by atoms with Crippen molar-refractivity contribution >= 4 is 11.9 Å². The molecule has 0 spiro atoms. The van der Waals surface area contributed by atoms with E-state index < -0.39 is 11.9 Å². The molecule has 18 heavy (non-hydrogen) atoms. The lowest BCUT2D eigenvalue weighted by atomic mass is 10.1. The molecule has 0 radical (unpaired) electrons. The molecular formula is C14H22O4. The van der Waals surface area contributed by atoms with Crippen LogP contribution >= 0.6 is 0 Å². The molecule has 4 heteroatoms. The summed E-state index contributed by atoms with van der Waals surface area (Å²) in [6.45, 7) is 2.17. The second-order valence-corrected chi connectivity index (χ2v) is 4.20. The van der Waals surface area contributed by atoms with E-state index in [0.717, 1.165) is 19.3 Å². The Hall–Kier alpha value is -1.58. The molecule has 0 aliphatic rings. The first-order valence-electron chi connectivity index (χ1n) is 6.42. The van der Waals surface area contributed by atoms with Crippen LogP contribution in [0.15, 0.2) is 23.8 Å². The van der Waals surface area contributed by atoms with Crippen molar-refractivity contribution in [2.45, 2.75) is 51.9 Å². The first kappa shape index (κ1) is 16.4. The fourth-order valence-corrected chi connectivity index (χ4v) is 1.57. The van der Waals surface area contributed by atoms with Gasteiger partial charge in [-0.25, -0.2) is 9.59 Å². The minimum atomic E-state index is -1.24. The monoisotopic (exact) mass is 254 g/mol. The van der Waals surface area contributed by atoms with Crippen molar-refractivity contribution in [2.75, 3.05) is 0 Å². The molecule has 0 aromatic carbocycles. The molecule has 0 saturated heterocycles. The summed E-state index contributed by atoms with van der Waals surface area (Å²) in [5.74, 6) is -2.45. The van der Waals surface area contributed by atoms with E-state index in [9.17, 15) is 9.59 Å². The van der Waals surface area contributed by atoms with Crippen LogP contribution in [0.5, 0.6) is 0 Å². The van der Waals surface area contributed by atoms with Crippen molar-refractivity contribution in [1.29, 1.82) is 0 Å². The molecule has 0 heterocycles. The zero-order chi connectivity index (χ0) is 13.8. The van der Waals surface area contributed by atoms with E-state index in [1.54, 1.807) is 6.08 Å². The number of allylic oxidation sites excluding steroid dienone is 1. The maximum atomic E-state index is 10.7. The van der Waals surface area contributed by atoms with Crippen molar-refractivity contribution in [3.05, 3.63) is 23.8 Å². The smallest absolute Gasteiger partial charge is 0.335 e. The van der Waals surface area contributed by atoms with Crippen molar-refractivity contribution < 1.29 is 19.8 Å². The molecule has 0 aliphatic carbocycles. The van der Waals surface area contributed by atoms with Crippen LogP contribution in [0, 0.1) is 0 Å². The standard InChI is InChI=1S/C14H22O4/c1-2-3-4-5-6-7-8-9-10-12(14(17)18)11-13(15)16/h9-11H,2-8H2,1H3,(H,15,16)(H,17,18)/b10-9+,12-11-. The largest absolute Gasteiger partial charge is 0.478 e. The van der Waals surface area contributed by atoms with Gasteiger partial charge in [-0.3, -0.25) is 0 Å². The molecule has 0 aromatic rings. The number of hydrogen-bond donors (Lipinski definition) is 2. The Morgan fingerprint density at radius 3 is 2.17 bits per heavy atom. The third-order valence-corrected chi connectivity index (χ3v) is 2.55. The molecule has 0 aliphatic heterocycles. The highest BCUT2D eigenvalue weighted by atomic mass is 16.4. The van der Waals surface area contributed by atoms with Crippen molar-refractivity contribution in [3.63, 3.8) is 0 Å². The van der Waals surface area contributed by atoms with Crippen LogP contribution < -0.4 is 0 Å². The number of carbonyl (C=O) groups is 2. The van der Waals surface area contributed by atoms with Crippen molar-refractivity contribution in [1.82, 2.24) is 0 Å². The number of carboxylic acids is 2. The van der Waals surface area contributed by atoms with Crippen molar-refractivity contribution in [3.8, 4) is 0 Å². The van der Waals surface area contributed by atoms with Gasteiger partial charge < -0.3 is 10.2 Å². The van der Waals surface area contributed by atoms with E-state index in [1.807, 2.05) is 0 Å². The van der Waals surface area contributed by atoms with Crippen molar-refractivity contribution in [2.24, 2.45) is 0 Å². The quantitative estimate of drug-likeness (QED) is 0.356. The highest BCUT2D eigenvalue weighted by molar-refractivity contribution is 5.96. The summed E-state index contributed by atoms with van der Waals surface area (Å²) in [5.41, 5.74) is -0.187. The minimum Gasteiger partial charge on any atom is -0.478 e.